The largest absolute Gasteiger partial charge is 0.352 e. The van der Waals surface area contributed by atoms with E-state index in [4.69, 9.17) is 0 Å². The highest BCUT2D eigenvalue weighted by Gasteiger charge is 2.24. The fourth-order valence-corrected chi connectivity index (χ4v) is 1.83. The van der Waals surface area contributed by atoms with Crippen LogP contribution in [0.4, 0.5) is 0 Å². The Balaban J connectivity index is 1.94. The average Bonchev–Trinajstić information content (AvgIpc) is 2.33. The van der Waals surface area contributed by atoms with Crippen molar-refractivity contribution in [3.63, 3.8) is 0 Å². The Hall–Kier alpha value is -0.830. The summed E-state index contributed by atoms with van der Waals surface area (Å²) in [5.41, 5.74) is 0.994. The molecule has 0 aliphatic carbocycles. The van der Waals surface area contributed by atoms with Crippen molar-refractivity contribution in [1.82, 2.24) is 10.2 Å². The van der Waals surface area contributed by atoms with Gasteiger partial charge < -0.3 is 10.2 Å². The SMILES string of the molecule is CN1CC(/C=C2\CCNC2=O)C1. The number of nitrogens with zero attached hydrogens (tertiary/aromatic N) is 1. The van der Waals surface area contributed by atoms with Crippen molar-refractivity contribution in [1.29, 1.82) is 0 Å². The van der Waals surface area contributed by atoms with Gasteiger partial charge in [0, 0.05) is 31.1 Å². The van der Waals surface area contributed by atoms with E-state index in [0.717, 1.165) is 31.6 Å². The summed E-state index contributed by atoms with van der Waals surface area (Å²) in [6.07, 6.45) is 3.06. The van der Waals surface area contributed by atoms with E-state index in [0.29, 0.717) is 5.92 Å². The first-order chi connectivity index (χ1) is 5.75. The van der Waals surface area contributed by atoms with E-state index in [9.17, 15) is 4.79 Å². The van der Waals surface area contributed by atoms with Gasteiger partial charge in [-0.2, -0.15) is 0 Å². The molecule has 2 saturated heterocycles. The molecule has 2 aliphatic rings. The second-order valence-electron chi connectivity index (χ2n) is 3.68. The van der Waals surface area contributed by atoms with E-state index >= 15 is 0 Å². The molecule has 3 heteroatoms. The highest BCUT2D eigenvalue weighted by atomic mass is 16.1. The molecule has 2 aliphatic heterocycles. The number of hydrogen-bond donors (Lipinski definition) is 1. The smallest absolute Gasteiger partial charge is 0.246 e. The van der Waals surface area contributed by atoms with E-state index in [1.165, 1.54) is 0 Å². The van der Waals surface area contributed by atoms with Crippen LogP contribution in [0.15, 0.2) is 11.6 Å². The van der Waals surface area contributed by atoms with Gasteiger partial charge in [0.05, 0.1) is 0 Å². The summed E-state index contributed by atoms with van der Waals surface area (Å²) in [6, 6.07) is 0. The molecule has 0 unspecified atom stereocenters. The number of nitrogens with one attached hydrogen (secondary N) is 1. The van der Waals surface area contributed by atoms with E-state index in [-0.39, 0.29) is 5.91 Å². The van der Waals surface area contributed by atoms with Crippen LogP contribution >= 0.6 is 0 Å². The zero-order valence-electron chi connectivity index (χ0n) is 7.34. The van der Waals surface area contributed by atoms with E-state index in [2.05, 4.69) is 23.3 Å². The summed E-state index contributed by atoms with van der Waals surface area (Å²) < 4.78 is 0. The van der Waals surface area contributed by atoms with E-state index in [1.54, 1.807) is 0 Å². The number of carbonyl (C=O) groups is 1. The van der Waals surface area contributed by atoms with Gasteiger partial charge in [-0.3, -0.25) is 4.79 Å². The van der Waals surface area contributed by atoms with Gasteiger partial charge in [-0.15, -0.1) is 0 Å². The second kappa shape index (κ2) is 2.90. The predicted octanol–water partition coefficient (Wildman–Crippen LogP) is -0.00570. The number of carbonyl (C=O) groups excluding carboxylic acids is 1. The average molecular weight is 166 g/mol. The van der Waals surface area contributed by atoms with Gasteiger partial charge >= 0.3 is 0 Å². The zero-order chi connectivity index (χ0) is 8.55. The van der Waals surface area contributed by atoms with Gasteiger partial charge in [0.1, 0.15) is 0 Å². The highest BCUT2D eigenvalue weighted by molar-refractivity contribution is 5.95. The normalized spacial score (nSPS) is 29.1. The molecular formula is C9H14N2O. The van der Waals surface area contributed by atoms with Crippen LogP contribution in [-0.4, -0.2) is 37.5 Å². The molecule has 0 spiro atoms. The molecule has 0 saturated carbocycles. The second-order valence-corrected chi connectivity index (χ2v) is 3.68. The Morgan fingerprint density at radius 2 is 2.33 bits per heavy atom. The van der Waals surface area contributed by atoms with Crippen molar-refractivity contribution in [2.45, 2.75) is 6.42 Å². The Kier molecular flexibility index (Phi) is 1.89. The van der Waals surface area contributed by atoms with Crippen LogP contribution in [0.2, 0.25) is 0 Å². The van der Waals surface area contributed by atoms with Crippen molar-refractivity contribution in [2.24, 2.45) is 5.92 Å². The molecule has 2 heterocycles. The minimum atomic E-state index is 0.143. The maximum Gasteiger partial charge on any atom is 0.246 e. The molecule has 0 aromatic carbocycles. The van der Waals surface area contributed by atoms with Crippen molar-refractivity contribution < 1.29 is 4.79 Å². The molecule has 3 nitrogen and oxygen atoms in total. The summed E-state index contributed by atoms with van der Waals surface area (Å²) in [4.78, 5) is 13.4. The number of amides is 1. The number of hydrogen-bond acceptors (Lipinski definition) is 2. The van der Waals surface area contributed by atoms with Crippen LogP contribution in [0, 0.1) is 5.92 Å². The van der Waals surface area contributed by atoms with Gasteiger partial charge in [-0.05, 0) is 13.5 Å². The Morgan fingerprint density at radius 1 is 1.58 bits per heavy atom. The Bertz CT molecular complexity index is 229. The Labute approximate surface area is 72.4 Å². The molecule has 2 fully saturated rings. The summed E-state index contributed by atoms with van der Waals surface area (Å²) in [5, 5.41) is 2.81. The van der Waals surface area contributed by atoms with Gasteiger partial charge in [-0.1, -0.05) is 6.08 Å². The first kappa shape index (κ1) is 7.80. The molecular weight excluding hydrogens is 152 g/mol. The van der Waals surface area contributed by atoms with Crippen LogP contribution in [-0.2, 0) is 4.79 Å². The molecule has 66 valence electrons. The van der Waals surface area contributed by atoms with E-state index in [1.807, 2.05) is 0 Å². The lowest BCUT2D eigenvalue weighted by Crippen LogP contribution is -2.42. The molecule has 12 heavy (non-hydrogen) atoms. The molecule has 0 bridgehead atoms. The van der Waals surface area contributed by atoms with Crippen molar-refractivity contribution in [3.8, 4) is 0 Å². The van der Waals surface area contributed by atoms with Crippen molar-refractivity contribution in [3.05, 3.63) is 11.6 Å². The first-order valence-corrected chi connectivity index (χ1v) is 4.43. The third-order valence-corrected chi connectivity index (χ3v) is 2.50. The lowest BCUT2D eigenvalue weighted by Gasteiger charge is -2.34. The molecule has 1 amide bonds. The minimum absolute atomic E-state index is 0.143. The first-order valence-electron chi connectivity index (χ1n) is 4.43. The van der Waals surface area contributed by atoms with Gasteiger partial charge in [0.25, 0.3) is 0 Å². The lowest BCUT2D eigenvalue weighted by molar-refractivity contribution is -0.116. The molecule has 2 rings (SSSR count). The van der Waals surface area contributed by atoms with Gasteiger partial charge in [0.2, 0.25) is 5.91 Å². The van der Waals surface area contributed by atoms with Crippen LogP contribution in [0.1, 0.15) is 6.42 Å². The standard InChI is InChI=1S/C9H14N2O/c1-11-5-7(6-11)4-8-2-3-10-9(8)12/h4,7H,2-3,5-6H2,1H3,(H,10,12)/b8-4+. The third-order valence-electron chi connectivity index (χ3n) is 2.50. The molecule has 1 N–H and O–H groups in total. The molecule has 0 radical (unpaired) electrons. The van der Waals surface area contributed by atoms with Crippen LogP contribution in [0.5, 0.6) is 0 Å². The maximum absolute atomic E-state index is 11.1. The van der Waals surface area contributed by atoms with Crippen LogP contribution in [0.3, 0.4) is 0 Å². The van der Waals surface area contributed by atoms with Crippen molar-refractivity contribution in [2.75, 3.05) is 26.7 Å². The van der Waals surface area contributed by atoms with Crippen molar-refractivity contribution >= 4 is 5.91 Å². The quantitative estimate of drug-likeness (QED) is 0.556. The third kappa shape index (κ3) is 1.37. The molecule has 0 aromatic rings. The lowest BCUT2D eigenvalue weighted by atomic mass is 9.97. The van der Waals surface area contributed by atoms with E-state index < -0.39 is 0 Å². The summed E-state index contributed by atoms with van der Waals surface area (Å²) in [5.74, 6) is 0.762. The number of rotatable bonds is 1. The minimum Gasteiger partial charge on any atom is -0.352 e. The predicted molar refractivity (Wildman–Crippen MR) is 46.7 cm³/mol. The Morgan fingerprint density at radius 3 is 2.83 bits per heavy atom. The highest BCUT2D eigenvalue weighted by Crippen LogP contribution is 2.18. The summed E-state index contributed by atoms with van der Waals surface area (Å²) >= 11 is 0. The topological polar surface area (TPSA) is 32.3 Å². The van der Waals surface area contributed by atoms with Crippen LogP contribution < -0.4 is 5.32 Å². The summed E-state index contributed by atoms with van der Waals surface area (Å²) in [6.45, 7) is 3.04. The fraction of sp³-hybridized carbons (Fsp3) is 0.667. The van der Waals surface area contributed by atoms with Gasteiger partial charge in [0.15, 0.2) is 0 Å². The van der Waals surface area contributed by atoms with Gasteiger partial charge in [-0.25, -0.2) is 0 Å². The maximum atomic E-state index is 11.1. The summed E-state index contributed by atoms with van der Waals surface area (Å²) in [7, 11) is 2.10. The van der Waals surface area contributed by atoms with Crippen LogP contribution in [0.25, 0.3) is 0 Å². The zero-order valence-corrected chi connectivity index (χ0v) is 7.34. The molecule has 0 atom stereocenters. The monoisotopic (exact) mass is 166 g/mol. The number of likely N-dealkylation sites (tertiary alicyclic amines) is 1. The fourth-order valence-electron chi connectivity index (χ4n) is 1.83. The molecule has 0 aromatic heterocycles.